The molecule has 9 rings (SSSR count). The lowest BCUT2D eigenvalue weighted by molar-refractivity contribution is -0.0482. The first kappa shape index (κ1) is 45.1. The lowest BCUT2D eigenvalue weighted by Crippen LogP contribution is -2.43. The van der Waals surface area contributed by atoms with Gasteiger partial charge in [-0.1, -0.05) is 71.4 Å². The molecule has 14 unspecified atom stereocenters. The first-order chi connectivity index (χ1) is 30.5. The van der Waals surface area contributed by atoms with Crippen molar-refractivity contribution in [2.75, 3.05) is 24.7 Å². The summed E-state index contributed by atoms with van der Waals surface area (Å²) in [6, 6.07) is 7.82. The van der Waals surface area contributed by atoms with Crippen LogP contribution in [0.15, 0.2) is 65.2 Å². The van der Waals surface area contributed by atoms with Gasteiger partial charge in [-0.25, -0.2) is 0 Å². The van der Waals surface area contributed by atoms with Crippen LogP contribution in [0.1, 0.15) is 107 Å². The van der Waals surface area contributed by atoms with E-state index >= 15 is 0 Å². The lowest BCUT2D eigenvalue weighted by Gasteiger charge is -2.46. The Morgan fingerprint density at radius 2 is 1.87 bits per heavy atom. The average Bonchev–Trinajstić information content (AvgIpc) is 3.86. The molecule has 0 radical (unpaired) electrons. The third-order valence-corrected chi connectivity index (χ3v) is 19.2. The van der Waals surface area contributed by atoms with Gasteiger partial charge in [-0.15, -0.1) is 0 Å². The number of aromatic nitrogens is 1. The van der Waals surface area contributed by atoms with Gasteiger partial charge in [0.05, 0.1) is 24.4 Å². The smallest absolute Gasteiger partial charge is 0.161 e. The van der Waals surface area contributed by atoms with E-state index in [9.17, 15) is 30.6 Å². The summed E-state index contributed by atoms with van der Waals surface area (Å²) in [5, 5.41) is 73.9. The van der Waals surface area contributed by atoms with Gasteiger partial charge in [0, 0.05) is 71.2 Å². The molecule has 1 spiro atoms. The Morgan fingerprint density at radius 1 is 1.02 bits per heavy atom. The summed E-state index contributed by atoms with van der Waals surface area (Å²) < 4.78 is 6.91. The molecule has 3 heterocycles. The van der Waals surface area contributed by atoms with Crippen LogP contribution in [-0.2, 0) is 12.8 Å². The number of aromatic amines is 1. The third-order valence-electron chi connectivity index (χ3n) is 16.8. The minimum Gasteiger partial charge on any atom is -0.504 e. The van der Waals surface area contributed by atoms with Gasteiger partial charge in [0.15, 0.2) is 11.5 Å². The molecule has 10 nitrogen and oxygen atoms in total. The molecular weight excluding hydrogens is 831 g/mol. The predicted molar refractivity (Wildman–Crippen MR) is 251 cm³/mol. The number of nitrogens with two attached hydrogens (primary N) is 1. The minimum absolute atomic E-state index is 0.00584. The second kappa shape index (κ2) is 18.7. The van der Waals surface area contributed by atoms with Crippen LogP contribution in [0.5, 0.6) is 11.5 Å². The van der Waals surface area contributed by atoms with E-state index in [0.29, 0.717) is 43.1 Å². The van der Waals surface area contributed by atoms with Gasteiger partial charge in [0.25, 0.3) is 0 Å². The van der Waals surface area contributed by atoms with E-state index in [1.54, 1.807) is 21.6 Å². The highest BCUT2D eigenvalue weighted by Gasteiger charge is 2.57. The molecule has 14 atom stereocenters. The Labute approximate surface area is 381 Å². The minimum atomic E-state index is -1.04. The maximum absolute atomic E-state index is 12.5. The fourth-order valence-electron chi connectivity index (χ4n) is 13.4. The van der Waals surface area contributed by atoms with Crippen molar-refractivity contribution in [3.05, 3.63) is 82.0 Å². The quantitative estimate of drug-likeness (QED) is 0.0804. The molecule has 3 fully saturated rings. The molecule has 342 valence electrons. The van der Waals surface area contributed by atoms with E-state index < -0.39 is 36.3 Å². The highest BCUT2D eigenvalue weighted by Crippen LogP contribution is 2.62. The maximum atomic E-state index is 12.5. The van der Waals surface area contributed by atoms with E-state index in [1.807, 2.05) is 24.4 Å². The van der Waals surface area contributed by atoms with Crippen molar-refractivity contribution in [1.29, 1.82) is 0 Å². The number of fused-ring (bicyclic) bond motifs is 6. The van der Waals surface area contributed by atoms with Gasteiger partial charge in [0.2, 0.25) is 0 Å². The SMILES string of the molecule is CCC1Cc2cc(O)c(OC3CC(Cc4ccc[nH]4)C4=CCNC(N)=C4CSSCC(CO)C3O)cc2C2CC(O)C3C(C#CC4(CC)CCCC(CC45CCC(O)C5)C3O)C=C12. The molecule has 63 heavy (non-hydrogen) atoms. The molecule has 12 heteroatoms. The number of aliphatic hydroxyl groups excluding tert-OH is 5. The molecule has 10 N–H and O–H groups in total. The molecule has 2 saturated carbocycles. The largest absolute Gasteiger partial charge is 0.504 e. The molecule has 2 bridgehead atoms. The number of H-pyrrole nitrogens is 1. The highest BCUT2D eigenvalue weighted by atomic mass is 33.1. The third kappa shape index (κ3) is 8.51. The summed E-state index contributed by atoms with van der Waals surface area (Å²) >= 11 is 0. The maximum Gasteiger partial charge on any atom is 0.161 e. The van der Waals surface area contributed by atoms with Crippen molar-refractivity contribution in [3.8, 4) is 23.3 Å². The van der Waals surface area contributed by atoms with Crippen LogP contribution in [-0.4, -0.2) is 90.8 Å². The van der Waals surface area contributed by atoms with Crippen LogP contribution in [0.2, 0.25) is 0 Å². The van der Waals surface area contributed by atoms with Crippen LogP contribution in [0.4, 0.5) is 0 Å². The summed E-state index contributed by atoms with van der Waals surface area (Å²) in [6.07, 6.45) is 12.8. The number of benzene rings is 1. The summed E-state index contributed by atoms with van der Waals surface area (Å²) in [5.41, 5.74) is 12.7. The zero-order valence-corrected chi connectivity index (χ0v) is 38.6. The Balaban J connectivity index is 1.09. The first-order valence-corrected chi connectivity index (χ1v) is 26.3. The van der Waals surface area contributed by atoms with Crippen molar-refractivity contribution < 1.29 is 35.4 Å². The Kier molecular flexibility index (Phi) is 13.4. The number of hydrogen-bond acceptors (Lipinski definition) is 11. The molecule has 2 aromatic rings. The van der Waals surface area contributed by atoms with Gasteiger partial charge in [0.1, 0.15) is 11.9 Å². The molecule has 0 amide bonds. The molecular formula is C51H69N3O7S2. The van der Waals surface area contributed by atoms with E-state index in [2.05, 4.69) is 54.2 Å². The lowest BCUT2D eigenvalue weighted by atomic mass is 9.57. The normalized spacial score (nSPS) is 39.2. The zero-order chi connectivity index (χ0) is 44.0. The van der Waals surface area contributed by atoms with Crippen LogP contribution in [0.25, 0.3) is 0 Å². The number of allylic oxidation sites excluding steroid dienone is 3. The van der Waals surface area contributed by atoms with Crippen molar-refractivity contribution in [2.24, 2.45) is 52.1 Å². The number of rotatable bonds is 7. The van der Waals surface area contributed by atoms with Gasteiger partial charge < -0.3 is 51.4 Å². The number of dihydropyridines is 1. The number of phenols is 1. The molecule has 1 aromatic heterocycles. The molecule has 1 saturated heterocycles. The standard InChI is InChI=1S/C51H69N3O7S2/c1-3-29-17-32-20-42(57)44(61-45-21-33(18-35-8-6-15-53-35)37-11-16-54-49(52)41(37)28-63-62-27-34(26-55)47(45)59)23-39(32)40-22-43(58)46-30(19-38(29)40)9-13-50(4-2)12-5-7-31(48(46)60)24-51(50)14-10-36(56)25-51/h6,8,11,15,19-20,23,29-31,33-34,36,40,43,45-48,53-60H,3-5,7,10,12,14,16-18,21-22,24-28,52H2,1-2H3. The number of phenolic OH excluding ortho intramolecular Hbond substituents is 1. The second-order valence-electron chi connectivity index (χ2n) is 20.1. The number of ether oxygens (including phenoxy) is 1. The van der Waals surface area contributed by atoms with Crippen LogP contribution >= 0.6 is 21.6 Å². The summed E-state index contributed by atoms with van der Waals surface area (Å²) in [4.78, 5) is 3.37. The molecule has 7 aliphatic rings. The van der Waals surface area contributed by atoms with Crippen LogP contribution < -0.4 is 15.8 Å². The number of aromatic hydroxyl groups is 1. The van der Waals surface area contributed by atoms with Gasteiger partial charge in [-0.2, -0.15) is 0 Å². The van der Waals surface area contributed by atoms with Crippen LogP contribution in [0, 0.1) is 58.2 Å². The van der Waals surface area contributed by atoms with E-state index in [0.717, 1.165) is 92.2 Å². The van der Waals surface area contributed by atoms with Crippen molar-refractivity contribution >= 4 is 21.6 Å². The molecule has 2 aliphatic heterocycles. The van der Waals surface area contributed by atoms with Crippen LogP contribution in [0.3, 0.4) is 0 Å². The summed E-state index contributed by atoms with van der Waals surface area (Å²) in [5.74, 6) is 8.47. The summed E-state index contributed by atoms with van der Waals surface area (Å²) in [6.45, 7) is 4.84. The number of aliphatic hydroxyl groups is 5. The van der Waals surface area contributed by atoms with Gasteiger partial charge in [-0.3, -0.25) is 0 Å². The van der Waals surface area contributed by atoms with E-state index in [-0.39, 0.29) is 64.6 Å². The fourth-order valence-corrected chi connectivity index (χ4v) is 15.9. The molecule has 1 aromatic carbocycles. The van der Waals surface area contributed by atoms with E-state index in [4.69, 9.17) is 10.5 Å². The molecule has 5 aliphatic carbocycles. The van der Waals surface area contributed by atoms with Crippen molar-refractivity contribution in [1.82, 2.24) is 10.3 Å². The Bertz CT molecular complexity index is 2130. The number of nitrogens with one attached hydrogen (secondary N) is 2. The highest BCUT2D eigenvalue weighted by molar-refractivity contribution is 8.76. The Hall–Kier alpha value is -3.02. The number of hydrogen-bond donors (Lipinski definition) is 9. The van der Waals surface area contributed by atoms with Gasteiger partial charge >= 0.3 is 0 Å². The zero-order valence-electron chi connectivity index (χ0n) is 37.0. The Morgan fingerprint density at radius 3 is 2.62 bits per heavy atom. The van der Waals surface area contributed by atoms with Gasteiger partial charge in [-0.05, 0) is 141 Å². The topological polar surface area (TPSA) is 184 Å². The average molecular weight is 900 g/mol. The fraction of sp³-hybridized carbons (Fsp3) is 0.647. The monoisotopic (exact) mass is 899 g/mol. The predicted octanol–water partition coefficient (Wildman–Crippen LogP) is 6.87. The van der Waals surface area contributed by atoms with Crippen molar-refractivity contribution in [2.45, 2.75) is 134 Å². The van der Waals surface area contributed by atoms with E-state index in [1.165, 1.54) is 5.57 Å². The van der Waals surface area contributed by atoms with Crippen molar-refractivity contribution in [3.63, 3.8) is 0 Å². The summed E-state index contributed by atoms with van der Waals surface area (Å²) in [7, 11) is 3.27. The first-order valence-electron chi connectivity index (χ1n) is 23.9. The second-order valence-corrected chi connectivity index (χ2v) is 22.6.